The minimum absolute atomic E-state index is 0.0367. The lowest BCUT2D eigenvalue weighted by molar-refractivity contribution is -0.180. The molecule has 0 aromatic heterocycles. The number of nitriles is 1. The van der Waals surface area contributed by atoms with E-state index in [1.807, 2.05) is 13.0 Å². The highest BCUT2D eigenvalue weighted by atomic mass is 19.4. The molecule has 42 heavy (non-hydrogen) atoms. The Balaban J connectivity index is 1.90. The summed E-state index contributed by atoms with van der Waals surface area (Å²) in [5.41, 5.74) is -2.15. The molecule has 4 rings (SSSR count). The number of ketones is 1. The number of allylic oxidation sites excluding steroid dienone is 4. The summed E-state index contributed by atoms with van der Waals surface area (Å²) in [5, 5.41) is 11.9. The summed E-state index contributed by atoms with van der Waals surface area (Å²) in [7, 11) is 0. The monoisotopic (exact) mass is 588 g/mol. The van der Waals surface area contributed by atoms with Gasteiger partial charge in [-0.2, -0.15) is 18.4 Å². The highest BCUT2D eigenvalue weighted by molar-refractivity contribution is 5.97. The number of fused-ring (bicyclic) bond motifs is 5. The first-order valence-electron chi connectivity index (χ1n) is 15.3. The van der Waals surface area contributed by atoms with E-state index < -0.39 is 46.2 Å². The quantitative estimate of drug-likeness (QED) is 0.209. The van der Waals surface area contributed by atoms with Crippen molar-refractivity contribution in [2.45, 2.75) is 107 Å². The molecule has 7 atom stereocenters. The van der Waals surface area contributed by atoms with Crippen LogP contribution in [0, 0.1) is 61.6 Å². The third kappa shape index (κ3) is 4.97. The van der Waals surface area contributed by atoms with Crippen LogP contribution in [0.25, 0.3) is 0 Å². The largest absolute Gasteiger partial charge is 0.405 e. The lowest BCUT2D eigenvalue weighted by Crippen LogP contribution is -2.66. The van der Waals surface area contributed by atoms with E-state index in [1.165, 1.54) is 0 Å². The van der Waals surface area contributed by atoms with Gasteiger partial charge in [-0.25, -0.2) is 0 Å². The molecular weight excluding hydrogens is 541 g/mol. The standard InChI is InChI=1S/C34H47F3N2O3/c1-28(2,3)24-9-10-31(7)25(30(24,6)16-21(18-38)19-40)15-23(41)26-22-17-29(4,5)11-13-33(22,14-12-32(26,31)8)27(42)39-20-34(35,36)37/h15-16,19,22,24,26H,9-14,17,20H2,1-8H3,(H,39,42)/b21-16-/t22-,24?,26+,30+,31-,32-,33+/m1/s1. The van der Waals surface area contributed by atoms with Gasteiger partial charge in [0.25, 0.3) is 0 Å². The summed E-state index contributed by atoms with van der Waals surface area (Å²) < 4.78 is 39.5. The molecule has 5 nitrogen and oxygen atoms in total. The van der Waals surface area contributed by atoms with E-state index >= 15 is 0 Å². The summed E-state index contributed by atoms with van der Waals surface area (Å²) in [4.78, 5) is 40.1. The van der Waals surface area contributed by atoms with E-state index in [9.17, 15) is 32.8 Å². The van der Waals surface area contributed by atoms with Gasteiger partial charge in [-0.1, -0.05) is 67.0 Å². The van der Waals surface area contributed by atoms with Gasteiger partial charge in [0.05, 0.1) is 11.0 Å². The van der Waals surface area contributed by atoms with Gasteiger partial charge in [-0.3, -0.25) is 14.4 Å². The number of carbonyl (C=O) groups excluding carboxylic acids is 3. The topological polar surface area (TPSA) is 87.0 Å². The number of nitrogens with zero attached hydrogens (tertiary/aromatic N) is 1. The molecule has 0 spiro atoms. The normalized spacial score (nSPS) is 40.0. The smallest absolute Gasteiger partial charge is 0.346 e. The first-order chi connectivity index (χ1) is 19.1. The lowest BCUT2D eigenvalue weighted by atomic mass is 9.34. The molecule has 0 bridgehead atoms. The third-order valence-corrected chi connectivity index (χ3v) is 12.3. The van der Waals surface area contributed by atoms with Gasteiger partial charge < -0.3 is 5.32 Å². The summed E-state index contributed by atoms with van der Waals surface area (Å²) in [6.07, 6.45) is 3.90. The number of hydrogen-bond acceptors (Lipinski definition) is 4. The molecule has 232 valence electrons. The number of nitrogens with one attached hydrogen (secondary N) is 1. The molecule has 4 aliphatic rings. The second-order valence-electron chi connectivity index (χ2n) is 16.2. The van der Waals surface area contributed by atoms with Gasteiger partial charge in [0.15, 0.2) is 12.1 Å². The maximum absolute atomic E-state index is 14.5. The van der Waals surface area contributed by atoms with Crippen LogP contribution in [0.3, 0.4) is 0 Å². The fraction of sp³-hybridized carbons (Fsp3) is 0.765. The fourth-order valence-electron chi connectivity index (χ4n) is 10.1. The maximum atomic E-state index is 14.5. The molecule has 8 heteroatoms. The van der Waals surface area contributed by atoms with Crippen LogP contribution in [-0.2, 0) is 14.4 Å². The van der Waals surface area contributed by atoms with Crippen molar-refractivity contribution in [3.63, 3.8) is 0 Å². The van der Waals surface area contributed by atoms with E-state index in [2.05, 4.69) is 53.8 Å². The zero-order chi connectivity index (χ0) is 31.7. The fourth-order valence-corrected chi connectivity index (χ4v) is 10.1. The van der Waals surface area contributed by atoms with Crippen LogP contribution >= 0.6 is 0 Å². The number of amides is 1. The van der Waals surface area contributed by atoms with Crippen molar-refractivity contribution in [1.82, 2.24) is 5.32 Å². The first kappa shape index (κ1) is 32.5. The lowest BCUT2D eigenvalue weighted by Gasteiger charge is -2.68. The average molecular weight is 589 g/mol. The molecule has 1 amide bonds. The Labute approximate surface area is 248 Å². The number of rotatable bonds is 4. The van der Waals surface area contributed by atoms with E-state index in [4.69, 9.17) is 0 Å². The minimum atomic E-state index is -4.52. The van der Waals surface area contributed by atoms with Crippen molar-refractivity contribution < 1.29 is 27.6 Å². The van der Waals surface area contributed by atoms with Gasteiger partial charge in [0, 0.05) is 11.3 Å². The number of hydrogen-bond donors (Lipinski definition) is 1. The summed E-state index contributed by atoms with van der Waals surface area (Å²) >= 11 is 0. The molecular formula is C34H47F3N2O3. The van der Waals surface area contributed by atoms with E-state index in [1.54, 1.807) is 12.2 Å². The molecule has 0 saturated heterocycles. The molecule has 0 heterocycles. The highest BCUT2D eigenvalue weighted by Crippen LogP contribution is 2.74. The Morgan fingerprint density at radius 3 is 2.24 bits per heavy atom. The highest BCUT2D eigenvalue weighted by Gasteiger charge is 2.69. The van der Waals surface area contributed by atoms with Crippen LogP contribution in [0.1, 0.15) is 100 Å². The van der Waals surface area contributed by atoms with Crippen molar-refractivity contribution >= 4 is 18.0 Å². The van der Waals surface area contributed by atoms with Crippen LogP contribution in [0.5, 0.6) is 0 Å². The number of alkyl halides is 3. The van der Waals surface area contributed by atoms with Crippen molar-refractivity contribution in [3.05, 3.63) is 23.3 Å². The molecule has 0 aromatic carbocycles. The van der Waals surface area contributed by atoms with Crippen molar-refractivity contribution in [3.8, 4) is 6.07 Å². The Morgan fingerprint density at radius 1 is 1.07 bits per heavy atom. The van der Waals surface area contributed by atoms with Crippen LogP contribution < -0.4 is 5.32 Å². The van der Waals surface area contributed by atoms with Crippen molar-refractivity contribution in [1.29, 1.82) is 5.26 Å². The Kier molecular flexibility index (Phi) is 7.78. The molecule has 0 aromatic rings. The summed E-state index contributed by atoms with van der Waals surface area (Å²) in [6.45, 7) is 15.7. The summed E-state index contributed by atoms with van der Waals surface area (Å²) in [6, 6.07) is 2.02. The van der Waals surface area contributed by atoms with Gasteiger partial charge in [-0.05, 0) is 84.5 Å². The predicted molar refractivity (Wildman–Crippen MR) is 155 cm³/mol. The minimum Gasteiger partial charge on any atom is -0.346 e. The Hall–Kier alpha value is -2.43. The number of aldehydes is 1. The van der Waals surface area contributed by atoms with Crippen LogP contribution in [-0.4, -0.2) is 30.7 Å². The molecule has 4 aliphatic carbocycles. The first-order valence-corrected chi connectivity index (χ1v) is 15.3. The number of carbonyl (C=O) groups is 3. The molecule has 0 radical (unpaired) electrons. The Bertz CT molecular complexity index is 1270. The second kappa shape index (κ2) is 10.1. The van der Waals surface area contributed by atoms with Crippen molar-refractivity contribution in [2.75, 3.05) is 6.54 Å². The van der Waals surface area contributed by atoms with Crippen molar-refractivity contribution in [2.24, 2.45) is 50.2 Å². The SMILES string of the molecule is CC1(C)CC[C@]2(C(=O)NCC(F)(F)F)CC[C@]3(C)[C@H](C(=O)C=C4[C@@](C)(/C=C(/C#N)C=O)C(C(C)(C)C)CC[C@]43C)[C@H]2C1. The van der Waals surface area contributed by atoms with E-state index in [0.717, 1.165) is 18.4 Å². The van der Waals surface area contributed by atoms with Gasteiger partial charge in [0.1, 0.15) is 12.6 Å². The van der Waals surface area contributed by atoms with Gasteiger partial charge >= 0.3 is 6.18 Å². The molecule has 3 saturated carbocycles. The van der Waals surface area contributed by atoms with Gasteiger partial charge in [-0.15, -0.1) is 0 Å². The van der Waals surface area contributed by atoms with E-state index in [0.29, 0.717) is 38.4 Å². The second-order valence-corrected chi connectivity index (χ2v) is 16.2. The van der Waals surface area contributed by atoms with Crippen LogP contribution in [0.2, 0.25) is 0 Å². The molecule has 3 fully saturated rings. The van der Waals surface area contributed by atoms with E-state index in [-0.39, 0.29) is 34.0 Å². The molecule has 0 aliphatic heterocycles. The average Bonchev–Trinajstić information content (AvgIpc) is 2.86. The predicted octanol–water partition coefficient (Wildman–Crippen LogP) is 7.52. The Morgan fingerprint density at radius 2 is 1.69 bits per heavy atom. The number of halogens is 3. The zero-order valence-electron chi connectivity index (χ0n) is 26.4. The third-order valence-electron chi connectivity index (χ3n) is 12.3. The van der Waals surface area contributed by atoms with Gasteiger partial charge in [0.2, 0.25) is 5.91 Å². The summed E-state index contributed by atoms with van der Waals surface area (Å²) in [5.74, 6) is -1.51. The van der Waals surface area contributed by atoms with Crippen LogP contribution in [0.15, 0.2) is 23.3 Å². The molecule has 1 N–H and O–H groups in total. The zero-order valence-corrected chi connectivity index (χ0v) is 26.4. The maximum Gasteiger partial charge on any atom is 0.405 e. The molecule has 1 unspecified atom stereocenters. The van der Waals surface area contributed by atoms with Crippen LogP contribution in [0.4, 0.5) is 13.2 Å².